The molecule has 1 amide bonds. The maximum atomic E-state index is 13.1. The molecule has 0 unspecified atom stereocenters. The lowest BCUT2D eigenvalue weighted by Crippen LogP contribution is -2.39. The Balaban J connectivity index is 2.83. The summed E-state index contributed by atoms with van der Waals surface area (Å²) in [7, 11) is -1.64. The van der Waals surface area contributed by atoms with Crippen LogP contribution in [0.25, 0.3) is 0 Å². The molecule has 0 heterocycles. The number of amides is 1. The van der Waals surface area contributed by atoms with Crippen molar-refractivity contribution in [2.75, 3.05) is 18.6 Å². The van der Waals surface area contributed by atoms with Crippen LogP contribution in [-0.2, 0) is 9.84 Å². The van der Waals surface area contributed by atoms with E-state index >= 15 is 0 Å². The van der Waals surface area contributed by atoms with Gasteiger partial charge in [0.15, 0.2) is 9.84 Å². The maximum Gasteiger partial charge on any atom is 0.253 e. The van der Waals surface area contributed by atoms with E-state index in [0.717, 1.165) is 6.07 Å². The number of sulfone groups is 1. The van der Waals surface area contributed by atoms with E-state index in [1.165, 1.54) is 30.1 Å². The van der Waals surface area contributed by atoms with Gasteiger partial charge in [0.05, 0.1) is 5.75 Å². The van der Waals surface area contributed by atoms with Gasteiger partial charge in [-0.25, -0.2) is 12.8 Å². The van der Waals surface area contributed by atoms with E-state index in [9.17, 15) is 17.6 Å². The average Bonchev–Trinajstić information content (AvgIpc) is 2.36. The average molecular weight is 287 g/mol. The van der Waals surface area contributed by atoms with Crippen LogP contribution in [0.4, 0.5) is 4.39 Å². The first-order valence-corrected chi connectivity index (χ1v) is 7.82. The summed E-state index contributed by atoms with van der Waals surface area (Å²) in [5.74, 6) is -0.938. The zero-order valence-electron chi connectivity index (χ0n) is 11.3. The second-order valence-electron chi connectivity index (χ2n) is 4.47. The monoisotopic (exact) mass is 287 g/mol. The number of hydrogen-bond donors (Lipinski definition) is 0. The van der Waals surface area contributed by atoms with Crippen LogP contribution in [0.3, 0.4) is 0 Å². The summed E-state index contributed by atoms with van der Waals surface area (Å²) in [6.07, 6.45) is 0. The van der Waals surface area contributed by atoms with Crippen LogP contribution >= 0.6 is 0 Å². The first-order valence-electron chi connectivity index (χ1n) is 6.00. The molecule has 0 fully saturated rings. The van der Waals surface area contributed by atoms with Gasteiger partial charge in [-0.1, -0.05) is 13.0 Å². The van der Waals surface area contributed by atoms with Crippen molar-refractivity contribution < 1.29 is 17.6 Å². The predicted molar refractivity (Wildman–Crippen MR) is 72.3 cm³/mol. The largest absolute Gasteiger partial charge is 0.338 e. The Labute approximate surface area is 113 Å². The third-order valence-corrected chi connectivity index (χ3v) is 4.86. The van der Waals surface area contributed by atoms with E-state index in [1.54, 1.807) is 13.8 Å². The van der Waals surface area contributed by atoms with Crippen molar-refractivity contribution in [1.29, 1.82) is 0 Å². The van der Waals surface area contributed by atoms with Crippen LogP contribution in [0.2, 0.25) is 0 Å². The van der Waals surface area contributed by atoms with E-state index in [2.05, 4.69) is 0 Å². The molecule has 0 aliphatic rings. The van der Waals surface area contributed by atoms with Gasteiger partial charge in [0.1, 0.15) is 5.82 Å². The molecule has 6 heteroatoms. The Hall–Kier alpha value is -1.43. The molecule has 1 atom stereocenters. The first-order chi connectivity index (χ1) is 8.76. The molecule has 0 bridgehead atoms. The standard InChI is InChI=1S/C13H18FNO3S/c1-4-19(17,18)9-10(2)15(3)13(16)11-6-5-7-12(14)8-11/h5-8,10H,4,9H2,1-3H3/t10-/m0/s1. The van der Waals surface area contributed by atoms with Gasteiger partial charge in [-0.05, 0) is 25.1 Å². The number of carbonyl (C=O) groups excluding carboxylic acids is 1. The summed E-state index contributed by atoms with van der Waals surface area (Å²) in [5.41, 5.74) is 0.211. The second-order valence-corrected chi connectivity index (χ2v) is 6.87. The van der Waals surface area contributed by atoms with Crippen LogP contribution in [0.5, 0.6) is 0 Å². The summed E-state index contributed by atoms with van der Waals surface area (Å²) in [5, 5.41) is 0. The van der Waals surface area contributed by atoms with E-state index in [-0.39, 0.29) is 17.1 Å². The van der Waals surface area contributed by atoms with Crippen molar-refractivity contribution in [1.82, 2.24) is 4.90 Å². The summed E-state index contributed by atoms with van der Waals surface area (Å²) in [6.45, 7) is 3.22. The van der Waals surface area contributed by atoms with Crippen LogP contribution in [0, 0.1) is 5.82 Å². The molecule has 106 valence electrons. The lowest BCUT2D eigenvalue weighted by molar-refractivity contribution is 0.0756. The summed E-state index contributed by atoms with van der Waals surface area (Å²) in [6, 6.07) is 4.88. The maximum absolute atomic E-state index is 13.1. The van der Waals surface area contributed by atoms with Crippen molar-refractivity contribution >= 4 is 15.7 Å². The van der Waals surface area contributed by atoms with Gasteiger partial charge in [-0.15, -0.1) is 0 Å². The molecule has 1 aromatic carbocycles. The highest BCUT2D eigenvalue weighted by Crippen LogP contribution is 2.10. The smallest absolute Gasteiger partial charge is 0.253 e. The molecule has 4 nitrogen and oxygen atoms in total. The van der Waals surface area contributed by atoms with Gasteiger partial charge in [-0.3, -0.25) is 4.79 Å². The molecule has 0 aliphatic heterocycles. The van der Waals surface area contributed by atoms with Crippen molar-refractivity contribution in [2.45, 2.75) is 19.9 Å². The number of halogens is 1. The minimum absolute atomic E-state index is 0.0410. The van der Waals surface area contributed by atoms with Gasteiger partial charge in [0, 0.05) is 24.4 Å². The van der Waals surface area contributed by atoms with Crippen LogP contribution in [0.15, 0.2) is 24.3 Å². The summed E-state index contributed by atoms with van der Waals surface area (Å²) >= 11 is 0. The van der Waals surface area contributed by atoms with E-state index < -0.39 is 27.6 Å². The third kappa shape index (κ3) is 4.31. The Morgan fingerprint density at radius 3 is 2.58 bits per heavy atom. The quantitative estimate of drug-likeness (QED) is 0.828. The van der Waals surface area contributed by atoms with Gasteiger partial charge in [-0.2, -0.15) is 0 Å². The summed E-state index contributed by atoms with van der Waals surface area (Å²) in [4.78, 5) is 13.4. The Kier molecular flexibility index (Phi) is 5.05. The Morgan fingerprint density at radius 2 is 2.05 bits per heavy atom. The van der Waals surface area contributed by atoms with Crippen molar-refractivity contribution in [2.24, 2.45) is 0 Å². The number of carbonyl (C=O) groups is 1. The van der Waals surface area contributed by atoms with Gasteiger partial charge in [0.25, 0.3) is 5.91 Å². The normalized spacial score (nSPS) is 13.1. The number of nitrogens with zero attached hydrogens (tertiary/aromatic N) is 1. The molecule has 0 saturated heterocycles. The lowest BCUT2D eigenvalue weighted by atomic mass is 10.2. The second kappa shape index (κ2) is 6.14. The molecule has 1 aromatic rings. The minimum Gasteiger partial charge on any atom is -0.338 e. The molecular formula is C13H18FNO3S. The molecule has 0 N–H and O–H groups in total. The van der Waals surface area contributed by atoms with E-state index in [1.807, 2.05) is 0 Å². The molecule has 0 spiro atoms. The highest BCUT2D eigenvalue weighted by molar-refractivity contribution is 7.91. The molecule has 0 aliphatic carbocycles. The van der Waals surface area contributed by atoms with Crippen LogP contribution < -0.4 is 0 Å². The van der Waals surface area contributed by atoms with Gasteiger partial charge >= 0.3 is 0 Å². The Morgan fingerprint density at radius 1 is 1.42 bits per heavy atom. The molecule has 0 aromatic heterocycles. The number of hydrogen-bond acceptors (Lipinski definition) is 3. The fraction of sp³-hybridized carbons (Fsp3) is 0.462. The molecule has 0 saturated carbocycles. The molecular weight excluding hydrogens is 269 g/mol. The molecule has 0 radical (unpaired) electrons. The first kappa shape index (κ1) is 15.6. The van der Waals surface area contributed by atoms with Crippen molar-refractivity contribution in [3.63, 3.8) is 0 Å². The fourth-order valence-electron chi connectivity index (χ4n) is 1.62. The van der Waals surface area contributed by atoms with Crippen molar-refractivity contribution in [3.05, 3.63) is 35.6 Å². The SMILES string of the molecule is CCS(=O)(=O)C[C@H](C)N(C)C(=O)c1cccc(F)c1. The van der Waals surface area contributed by atoms with Crippen LogP contribution in [0.1, 0.15) is 24.2 Å². The van der Waals surface area contributed by atoms with E-state index in [4.69, 9.17) is 0 Å². The van der Waals surface area contributed by atoms with Gasteiger partial charge < -0.3 is 4.90 Å². The zero-order valence-corrected chi connectivity index (χ0v) is 12.1. The summed E-state index contributed by atoms with van der Waals surface area (Å²) < 4.78 is 36.1. The highest BCUT2D eigenvalue weighted by Gasteiger charge is 2.22. The number of benzene rings is 1. The molecule has 1 rings (SSSR count). The topological polar surface area (TPSA) is 54.5 Å². The van der Waals surface area contributed by atoms with Gasteiger partial charge in [0.2, 0.25) is 0 Å². The highest BCUT2D eigenvalue weighted by atomic mass is 32.2. The third-order valence-electron chi connectivity index (χ3n) is 2.99. The van der Waals surface area contributed by atoms with E-state index in [0.29, 0.717) is 0 Å². The minimum atomic E-state index is -3.16. The molecule has 19 heavy (non-hydrogen) atoms. The Bertz CT molecular complexity index is 557. The lowest BCUT2D eigenvalue weighted by Gasteiger charge is -2.24. The zero-order chi connectivity index (χ0) is 14.6. The number of rotatable bonds is 5. The van der Waals surface area contributed by atoms with Crippen molar-refractivity contribution in [3.8, 4) is 0 Å². The predicted octanol–water partition coefficient (Wildman–Crippen LogP) is 1.72. The fourth-order valence-corrected chi connectivity index (χ4v) is 2.82. The van der Waals surface area contributed by atoms with Crippen LogP contribution in [-0.4, -0.2) is 43.8 Å².